The first-order valence-electron chi connectivity index (χ1n) is 7.67. The van der Waals surface area contributed by atoms with Gasteiger partial charge in [0.2, 0.25) is 5.91 Å². The monoisotopic (exact) mass is 292 g/mol. The predicted molar refractivity (Wildman–Crippen MR) is 79.8 cm³/mol. The highest BCUT2D eigenvalue weighted by Gasteiger charge is 2.24. The van der Waals surface area contributed by atoms with E-state index in [-0.39, 0.29) is 11.8 Å². The molecule has 21 heavy (non-hydrogen) atoms. The van der Waals surface area contributed by atoms with Crippen molar-refractivity contribution in [1.29, 1.82) is 0 Å². The molecule has 0 aromatic carbocycles. The normalized spacial score (nSPS) is 14.2. The first-order chi connectivity index (χ1) is 10.1. The molecule has 1 heterocycles. The average Bonchev–Trinajstić information content (AvgIpc) is 3.07. The van der Waals surface area contributed by atoms with Gasteiger partial charge in [0.05, 0.1) is 11.8 Å². The van der Waals surface area contributed by atoms with Crippen LogP contribution in [0.15, 0.2) is 23.0 Å². The van der Waals surface area contributed by atoms with Crippen molar-refractivity contribution in [2.45, 2.75) is 45.6 Å². The zero-order chi connectivity index (χ0) is 15.2. The van der Waals surface area contributed by atoms with Crippen molar-refractivity contribution >= 4 is 11.8 Å². The number of carbonyl (C=O) groups excluding carboxylic acids is 2. The maximum atomic E-state index is 12.4. The van der Waals surface area contributed by atoms with Gasteiger partial charge in [-0.1, -0.05) is 13.8 Å². The fraction of sp³-hybridized carbons (Fsp3) is 0.625. The van der Waals surface area contributed by atoms with Gasteiger partial charge < -0.3 is 14.6 Å². The van der Waals surface area contributed by atoms with Crippen molar-refractivity contribution in [3.63, 3.8) is 0 Å². The van der Waals surface area contributed by atoms with E-state index in [1.165, 1.54) is 12.5 Å². The van der Waals surface area contributed by atoms with Crippen LogP contribution >= 0.6 is 0 Å². The molecule has 1 aromatic heterocycles. The van der Waals surface area contributed by atoms with Crippen LogP contribution in [0.1, 0.15) is 49.9 Å². The summed E-state index contributed by atoms with van der Waals surface area (Å²) in [6, 6.07) is 2.03. The second kappa shape index (κ2) is 7.29. The van der Waals surface area contributed by atoms with E-state index in [0.717, 1.165) is 19.3 Å². The molecule has 5 heteroatoms. The molecule has 0 saturated heterocycles. The third kappa shape index (κ3) is 5.25. The van der Waals surface area contributed by atoms with E-state index in [0.29, 0.717) is 37.0 Å². The quantitative estimate of drug-likeness (QED) is 0.800. The number of carbonyl (C=O) groups is 2. The molecule has 0 atom stereocenters. The molecule has 0 bridgehead atoms. The Balaban J connectivity index is 1.87. The Hall–Kier alpha value is -1.78. The van der Waals surface area contributed by atoms with Crippen molar-refractivity contribution in [3.05, 3.63) is 24.2 Å². The van der Waals surface area contributed by atoms with Crippen LogP contribution in [-0.2, 0) is 4.79 Å². The molecule has 1 N–H and O–H groups in total. The van der Waals surface area contributed by atoms with Crippen molar-refractivity contribution in [1.82, 2.24) is 10.2 Å². The Morgan fingerprint density at radius 2 is 2.14 bits per heavy atom. The minimum atomic E-state index is -0.0661. The molecule has 116 valence electrons. The second-order valence-corrected chi connectivity index (χ2v) is 6.08. The summed E-state index contributed by atoms with van der Waals surface area (Å²) in [7, 11) is 0. The standard InChI is InChI=1S/C16H24N2O3/c1-12(2)5-8-18(16(20)13-7-10-21-11-13)9-6-15(19)17-14-3-4-14/h7,10-12,14H,3-6,8-9H2,1-2H3,(H,17,19). The van der Waals surface area contributed by atoms with Crippen LogP contribution in [0.5, 0.6) is 0 Å². The molecule has 2 amide bonds. The highest BCUT2D eigenvalue weighted by atomic mass is 16.3. The van der Waals surface area contributed by atoms with Gasteiger partial charge in [0.25, 0.3) is 5.91 Å². The zero-order valence-electron chi connectivity index (χ0n) is 12.8. The maximum Gasteiger partial charge on any atom is 0.257 e. The molecule has 1 aliphatic rings. The third-order valence-electron chi connectivity index (χ3n) is 3.58. The van der Waals surface area contributed by atoms with Gasteiger partial charge in [-0.2, -0.15) is 0 Å². The van der Waals surface area contributed by atoms with Gasteiger partial charge in [-0.25, -0.2) is 0 Å². The highest BCUT2D eigenvalue weighted by Crippen LogP contribution is 2.18. The number of hydrogen-bond acceptors (Lipinski definition) is 3. The fourth-order valence-electron chi connectivity index (χ4n) is 2.06. The summed E-state index contributed by atoms with van der Waals surface area (Å²) in [5, 5.41) is 2.95. The van der Waals surface area contributed by atoms with E-state index in [2.05, 4.69) is 19.2 Å². The number of amides is 2. The van der Waals surface area contributed by atoms with Gasteiger partial charge in [0.15, 0.2) is 0 Å². The predicted octanol–water partition coefficient (Wildman–Crippen LogP) is 2.44. The smallest absolute Gasteiger partial charge is 0.257 e. The van der Waals surface area contributed by atoms with Crippen LogP contribution in [0.25, 0.3) is 0 Å². The Labute approximate surface area is 125 Å². The largest absolute Gasteiger partial charge is 0.472 e. The fourth-order valence-corrected chi connectivity index (χ4v) is 2.06. The van der Waals surface area contributed by atoms with E-state index in [1.807, 2.05) is 0 Å². The van der Waals surface area contributed by atoms with Gasteiger partial charge in [0.1, 0.15) is 6.26 Å². The van der Waals surface area contributed by atoms with Crippen molar-refractivity contribution < 1.29 is 14.0 Å². The lowest BCUT2D eigenvalue weighted by Crippen LogP contribution is -2.36. The molecule has 1 aromatic rings. The molecule has 1 aliphatic carbocycles. The first kappa shape index (κ1) is 15.6. The van der Waals surface area contributed by atoms with Gasteiger partial charge in [-0.15, -0.1) is 0 Å². The summed E-state index contributed by atoms with van der Waals surface area (Å²) in [5.74, 6) is 0.487. The lowest BCUT2D eigenvalue weighted by Gasteiger charge is -2.23. The average molecular weight is 292 g/mol. The maximum absolute atomic E-state index is 12.4. The van der Waals surface area contributed by atoms with Crippen molar-refractivity contribution in [2.24, 2.45) is 5.92 Å². The minimum Gasteiger partial charge on any atom is -0.472 e. The van der Waals surface area contributed by atoms with Crippen LogP contribution in [0, 0.1) is 5.92 Å². The SMILES string of the molecule is CC(C)CCN(CCC(=O)NC1CC1)C(=O)c1ccoc1. The summed E-state index contributed by atoms with van der Waals surface area (Å²) in [5.41, 5.74) is 0.543. The van der Waals surface area contributed by atoms with E-state index in [4.69, 9.17) is 4.42 Å². The van der Waals surface area contributed by atoms with Crippen LogP contribution in [0.3, 0.4) is 0 Å². The van der Waals surface area contributed by atoms with Crippen molar-refractivity contribution in [3.8, 4) is 0 Å². The Morgan fingerprint density at radius 3 is 2.71 bits per heavy atom. The summed E-state index contributed by atoms with van der Waals surface area (Å²) in [6.45, 7) is 5.37. The summed E-state index contributed by atoms with van der Waals surface area (Å²) < 4.78 is 4.97. The van der Waals surface area contributed by atoms with Crippen LogP contribution in [0.2, 0.25) is 0 Å². The Morgan fingerprint density at radius 1 is 1.38 bits per heavy atom. The summed E-state index contributed by atoms with van der Waals surface area (Å²) in [4.78, 5) is 25.9. The van der Waals surface area contributed by atoms with Crippen LogP contribution in [-0.4, -0.2) is 35.8 Å². The van der Waals surface area contributed by atoms with Gasteiger partial charge in [-0.05, 0) is 31.2 Å². The van der Waals surface area contributed by atoms with E-state index in [1.54, 1.807) is 11.0 Å². The molecule has 2 rings (SSSR count). The topological polar surface area (TPSA) is 62.6 Å². The Bertz CT molecular complexity index is 464. The molecular weight excluding hydrogens is 268 g/mol. The van der Waals surface area contributed by atoms with E-state index < -0.39 is 0 Å². The third-order valence-corrected chi connectivity index (χ3v) is 3.58. The molecule has 1 fully saturated rings. The summed E-state index contributed by atoms with van der Waals surface area (Å²) in [6.07, 6.45) is 6.39. The minimum absolute atomic E-state index is 0.0343. The molecule has 1 saturated carbocycles. The van der Waals surface area contributed by atoms with Crippen LogP contribution in [0.4, 0.5) is 0 Å². The van der Waals surface area contributed by atoms with E-state index in [9.17, 15) is 9.59 Å². The van der Waals surface area contributed by atoms with Crippen molar-refractivity contribution in [2.75, 3.05) is 13.1 Å². The molecule has 0 spiro atoms. The number of nitrogens with zero attached hydrogens (tertiary/aromatic N) is 1. The van der Waals surface area contributed by atoms with Gasteiger partial charge in [0, 0.05) is 25.6 Å². The zero-order valence-corrected chi connectivity index (χ0v) is 12.8. The molecule has 0 aliphatic heterocycles. The second-order valence-electron chi connectivity index (χ2n) is 6.08. The Kier molecular flexibility index (Phi) is 5.42. The first-order valence-corrected chi connectivity index (χ1v) is 7.67. The van der Waals surface area contributed by atoms with Gasteiger partial charge in [-0.3, -0.25) is 9.59 Å². The number of hydrogen-bond donors (Lipinski definition) is 1. The van der Waals surface area contributed by atoms with Gasteiger partial charge >= 0.3 is 0 Å². The van der Waals surface area contributed by atoms with E-state index >= 15 is 0 Å². The highest BCUT2D eigenvalue weighted by molar-refractivity contribution is 5.94. The molecule has 0 unspecified atom stereocenters. The molecule has 5 nitrogen and oxygen atoms in total. The lowest BCUT2D eigenvalue weighted by molar-refractivity contribution is -0.121. The summed E-state index contributed by atoms with van der Waals surface area (Å²) >= 11 is 0. The lowest BCUT2D eigenvalue weighted by atomic mass is 10.1. The van der Waals surface area contributed by atoms with Crippen LogP contribution < -0.4 is 5.32 Å². The number of nitrogens with one attached hydrogen (secondary N) is 1. The number of rotatable bonds is 8. The number of furan rings is 1. The molecular formula is C16H24N2O3. The molecule has 0 radical (unpaired) electrons.